The molecule has 2 fully saturated rings. The number of hydrogen-bond donors (Lipinski definition) is 2. The van der Waals surface area contributed by atoms with Crippen molar-refractivity contribution in [3.63, 3.8) is 0 Å². The molecule has 0 radical (unpaired) electrons. The Morgan fingerprint density at radius 1 is 0.950 bits per heavy atom. The van der Waals surface area contributed by atoms with Gasteiger partial charge in [-0.25, -0.2) is 14.6 Å². The summed E-state index contributed by atoms with van der Waals surface area (Å²) in [5.41, 5.74) is 0.0171. The maximum atomic E-state index is 14.5. The van der Waals surface area contributed by atoms with Crippen molar-refractivity contribution in [2.45, 2.75) is 96.3 Å². The number of methoxy groups -OCH3 is 1. The van der Waals surface area contributed by atoms with Crippen molar-refractivity contribution in [3.05, 3.63) is 58.6 Å². The zero-order valence-electron chi connectivity index (χ0n) is 35.7. The number of ketones is 1. The molecule has 1 saturated carbocycles. The van der Waals surface area contributed by atoms with Crippen molar-refractivity contribution in [2.24, 2.45) is 5.92 Å². The Bertz CT molecular complexity index is 1710. The lowest BCUT2D eigenvalue weighted by atomic mass is 9.83. The standard InChI is InChI=1S/C43H63N5O11S/c1-7-18-44-41(52)59-27-25-57-23-21-55-20-22-56-24-26-58-33-16-11-15-32(28-33)37(49)34-29-60-39(45-34)35-17-12-19-47(35)40(51)36(31-13-9-8-10-14-31)46-38(50)30(2)48(42(53)54-6)43(3,4)5/h7,11,15-16,28-31,35-36H,1,8-10,12-14,17-27H2,2-6H3,(H,44,52)(H,46,50)/t30-,35-,36-/m0/s1. The van der Waals surface area contributed by atoms with E-state index in [1.807, 2.05) is 25.7 Å². The van der Waals surface area contributed by atoms with Crippen molar-refractivity contribution in [1.29, 1.82) is 0 Å². The first kappa shape index (κ1) is 48.1. The minimum absolute atomic E-state index is 0.0346. The van der Waals surface area contributed by atoms with Crippen LogP contribution in [0.1, 0.15) is 99.7 Å². The molecule has 3 atom stereocenters. The maximum Gasteiger partial charge on any atom is 0.410 e. The lowest BCUT2D eigenvalue weighted by Gasteiger charge is -2.40. The van der Waals surface area contributed by atoms with E-state index in [1.54, 1.807) is 42.6 Å². The van der Waals surface area contributed by atoms with Gasteiger partial charge in [-0.1, -0.05) is 37.5 Å². The van der Waals surface area contributed by atoms with Gasteiger partial charge in [0.05, 0.1) is 52.8 Å². The minimum atomic E-state index is -0.873. The summed E-state index contributed by atoms with van der Waals surface area (Å²) in [4.78, 5) is 73.9. The molecule has 16 nitrogen and oxygen atoms in total. The number of aromatic nitrogens is 1. The second-order valence-electron chi connectivity index (χ2n) is 15.7. The number of rotatable bonds is 23. The summed E-state index contributed by atoms with van der Waals surface area (Å²) < 4.78 is 32.2. The van der Waals surface area contributed by atoms with Gasteiger partial charge in [-0.15, -0.1) is 17.9 Å². The Morgan fingerprint density at radius 3 is 2.27 bits per heavy atom. The summed E-state index contributed by atoms with van der Waals surface area (Å²) in [5, 5.41) is 7.97. The Hall–Kier alpha value is -4.58. The molecule has 2 aromatic rings. The van der Waals surface area contributed by atoms with Crippen LogP contribution in [-0.4, -0.2) is 135 Å². The Labute approximate surface area is 357 Å². The molecule has 60 heavy (non-hydrogen) atoms. The van der Waals surface area contributed by atoms with Crippen LogP contribution >= 0.6 is 11.3 Å². The van der Waals surface area contributed by atoms with Crippen molar-refractivity contribution in [2.75, 3.05) is 73.1 Å². The third-order valence-corrected chi connectivity index (χ3v) is 11.3. The number of thiazole rings is 1. The molecule has 0 unspecified atom stereocenters. The van der Waals surface area contributed by atoms with Gasteiger partial charge in [0.15, 0.2) is 0 Å². The van der Waals surface area contributed by atoms with Crippen LogP contribution in [0.4, 0.5) is 9.59 Å². The van der Waals surface area contributed by atoms with Gasteiger partial charge in [0, 0.05) is 29.6 Å². The fourth-order valence-corrected chi connectivity index (χ4v) is 8.34. The average molecular weight is 858 g/mol. The molecule has 2 N–H and O–H groups in total. The molecule has 0 spiro atoms. The number of carbonyl (C=O) groups is 5. The molecule has 1 aromatic carbocycles. The molecule has 17 heteroatoms. The van der Waals surface area contributed by atoms with Crippen LogP contribution < -0.4 is 15.4 Å². The lowest BCUT2D eigenvalue weighted by Crippen LogP contribution is -2.60. The minimum Gasteiger partial charge on any atom is -0.491 e. The third-order valence-electron chi connectivity index (χ3n) is 10.3. The monoisotopic (exact) mass is 857 g/mol. The van der Waals surface area contributed by atoms with E-state index in [2.05, 4.69) is 17.2 Å². The summed E-state index contributed by atoms with van der Waals surface area (Å²) in [6, 6.07) is 4.95. The van der Waals surface area contributed by atoms with Crippen molar-refractivity contribution < 1.29 is 52.4 Å². The van der Waals surface area contributed by atoms with E-state index in [0.717, 1.165) is 38.5 Å². The molecule has 1 aliphatic carbocycles. The average Bonchev–Trinajstić information content (AvgIpc) is 3.94. The number of carbonyl (C=O) groups excluding carboxylic acids is 5. The largest absolute Gasteiger partial charge is 0.491 e. The highest BCUT2D eigenvalue weighted by molar-refractivity contribution is 7.10. The van der Waals surface area contributed by atoms with Gasteiger partial charge in [0.2, 0.25) is 17.6 Å². The van der Waals surface area contributed by atoms with Gasteiger partial charge >= 0.3 is 12.2 Å². The van der Waals surface area contributed by atoms with Crippen LogP contribution in [0, 0.1) is 5.92 Å². The fourth-order valence-electron chi connectivity index (χ4n) is 7.40. The van der Waals surface area contributed by atoms with Gasteiger partial charge in [-0.2, -0.15) is 0 Å². The smallest absolute Gasteiger partial charge is 0.410 e. The second-order valence-corrected chi connectivity index (χ2v) is 16.6. The number of likely N-dealkylation sites (tertiary alicyclic amines) is 1. The van der Waals surface area contributed by atoms with Gasteiger partial charge < -0.3 is 44.0 Å². The number of alkyl carbamates (subject to hydrolysis) is 1. The quantitative estimate of drug-likeness (QED) is 0.0791. The van der Waals surface area contributed by atoms with Crippen LogP contribution in [0.25, 0.3) is 0 Å². The zero-order valence-corrected chi connectivity index (χ0v) is 36.6. The van der Waals surface area contributed by atoms with Crippen molar-refractivity contribution >= 4 is 41.1 Å². The van der Waals surface area contributed by atoms with Crippen LogP contribution in [0.2, 0.25) is 0 Å². The molecule has 4 amide bonds. The van der Waals surface area contributed by atoms with Crippen LogP contribution in [-0.2, 0) is 33.3 Å². The van der Waals surface area contributed by atoms with Gasteiger partial charge in [0.1, 0.15) is 41.7 Å². The van der Waals surface area contributed by atoms with Gasteiger partial charge in [-0.3, -0.25) is 19.3 Å². The first-order chi connectivity index (χ1) is 28.8. The molecule has 2 aliphatic rings. The predicted octanol–water partition coefficient (Wildman–Crippen LogP) is 5.70. The first-order valence-corrected chi connectivity index (χ1v) is 21.7. The summed E-state index contributed by atoms with van der Waals surface area (Å²) in [6.45, 7) is 14.0. The molecule has 1 saturated heterocycles. The van der Waals surface area contributed by atoms with E-state index >= 15 is 0 Å². The molecule has 0 bridgehead atoms. The second kappa shape index (κ2) is 24.6. The summed E-state index contributed by atoms with van der Waals surface area (Å²) >= 11 is 1.35. The van der Waals surface area contributed by atoms with E-state index < -0.39 is 35.7 Å². The highest BCUT2D eigenvalue weighted by Gasteiger charge is 2.42. The van der Waals surface area contributed by atoms with Crippen LogP contribution in [0.3, 0.4) is 0 Å². The first-order valence-electron chi connectivity index (χ1n) is 20.8. The normalized spacial score (nSPS) is 16.7. The summed E-state index contributed by atoms with van der Waals surface area (Å²) in [6.07, 6.45) is 6.56. The number of benzene rings is 1. The van der Waals surface area contributed by atoms with Crippen molar-refractivity contribution in [1.82, 2.24) is 25.4 Å². The third kappa shape index (κ3) is 14.6. The van der Waals surface area contributed by atoms with E-state index in [-0.39, 0.29) is 49.2 Å². The molecular weight excluding hydrogens is 795 g/mol. The number of ether oxygens (including phenoxy) is 6. The van der Waals surface area contributed by atoms with Gasteiger partial charge in [0.25, 0.3) is 0 Å². The number of nitrogens with one attached hydrogen (secondary N) is 2. The van der Waals surface area contributed by atoms with Crippen molar-refractivity contribution in [3.8, 4) is 5.75 Å². The number of hydrogen-bond acceptors (Lipinski definition) is 13. The topological polar surface area (TPSA) is 184 Å². The SMILES string of the molecule is C=CCNC(=O)OCCOCCOCCOCCOc1cccc(C(=O)c2csc([C@@H]3CCCN3C(=O)[C@@H](NC(=O)[C@H](C)N(C(=O)OC)C(C)(C)C)C3CCCCC3)n2)c1. The Balaban J connectivity index is 1.26. The molecule has 4 rings (SSSR count). The van der Waals surface area contributed by atoms with Gasteiger partial charge in [-0.05, 0) is 71.4 Å². The Morgan fingerprint density at radius 2 is 1.62 bits per heavy atom. The van der Waals surface area contributed by atoms with Crippen LogP contribution in [0.15, 0.2) is 42.3 Å². The summed E-state index contributed by atoms with van der Waals surface area (Å²) in [7, 11) is 1.29. The number of nitrogens with zero attached hydrogens (tertiary/aromatic N) is 3. The molecule has 332 valence electrons. The maximum absolute atomic E-state index is 14.5. The molecule has 1 aromatic heterocycles. The Kier molecular flexibility index (Phi) is 19.7. The zero-order chi connectivity index (χ0) is 43.5. The van der Waals surface area contributed by atoms with Crippen LogP contribution in [0.5, 0.6) is 5.75 Å². The molecular formula is C43H63N5O11S. The highest BCUT2D eigenvalue weighted by atomic mass is 32.1. The van der Waals surface area contributed by atoms with E-state index in [9.17, 15) is 24.0 Å². The van der Waals surface area contributed by atoms with E-state index in [1.165, 1.54) is 23.3 Å². The number of amides is 4. The van der Waals surface area contributed by atoms with E-state index in [0.29, 0.717) is 68.9 Å². The molecule has 2 heterocycles. The predicted molar refractivity (Wildman–Crippen MR) is 225 cm³/mol. The summed E-state index contributed by atoms with van der Waals surface area (Å²) in [5.74, 6) is -0.343. The molecule has 1 aliphatic heterocycles. The fraction of sp³-hybridized carbons (Fsp3) is 0.628. The highest BCUT2D eigenvalue weighted by Crippen LogP contribution is 2.37. The lowest BCUT2D eigenvalue weighted by molar-refractivity contribution is -0.140. The van der Waals surface area contributed by atoms with E-state index in [4.69, 9.17) is 33.4 Å².